The summed E-state index contributed by atoms with van der Waals surface area (Å²) in [4.78, 5) is 18.6. The van der Waals surface area contributed by atoms with Gasteiger partial charge in [0.25, 0.3) is 0 Å². The van der Waals surface area contributed by atoms with E-state index in [2.05, 4.69) is 9.97 Å². The van der Waals surface area contributed by atoms with Gasteiger partial charge in [-0.05, 0) is 13.0 Å². The van der Waals surface area contributed by atoms with Crippen LogP contribution in [-0.4, -0.2) is 20.8 Å². The lowest BCUT2D eigenvalue weighted by Gasteiger charge is -2.03. The van der Waals surface area contributed by atoms with Crippen molar-refractivity contribution in [3.05, 3.63) is 42.0 Å². The third kappa shape index (κ3) is 1.39. The van der Waals surface area contributed by atoms with E-state index >= 15 is 0 Å². The van der Waals surface area contributed by atoms with Gasteiger partial charge in [0.1, 0.15) is 11.5 Å². The van der Waals surface area contributed by atoms with Crippen LogP contribution in [0.15, 0.2) is 30.5 Å². The number of nitrogens with one attached hydrogen (secondary N) is 1. The predicted molar refractivity (Wildman–Crippen MR) is 70.6 cm³/mol. The van der Waals surface area contributed by atoms with Crippen molar-refractivity contribution in [3.63, 3.8) is 0 Å². The van der Waals surface area contributed by atoms with Gasteiger partial charge >= 0.3 is 0 Å². The zero-order chi connectivity index (χ0) is 12.7. The van der Waals surface area contributed by atoms with E-state index in [1.807, 2.05) is 49.0 Å². The predicted octanol–water partition coefficient (Wildman–Crippen LogP) is 2.69. The molecule has 0 saturated carbocycles. The SMILES string of the molecule is Cc1nc(C=O)c(-c2c[nH]c3ccccc23)n1C. The van der Waals surface area contributed by atoms with Crippen LogP contribution in [-0.2, 0) is 7.05 Å². The molecule has 3 rings (SSSR count). The number of carbonyl (C=O) groups is 1. The quantitative estimate of drug-likeness (QED) is 0.699. The van der Waals surface area contributed by atoms with Crippen molar-refractivity contribution in [2.45, 2.75) is 6.92 Å². The average Bonchev–Trinajstić information content (AvgIpc) is 2.92. The Morgan fingerprint density at radius 1 is 1.33 bits per heavy atom. The molecule has 0 fully saturated rings. The molecule has 2 heterocycles. The first kappa shape index (κ1) is 10.8. The van der Waals surface area contributed by atoms with Crippen LogP contribution in [0.25, 0.3) is 22.2 Å². The number of H-pyrrole nitrogens is 1. The third-order valence-corrected chi connectivity index (χ3v) is 3.30. The molecule has 0 radical (unpaired) electrons. The van der Waals surface area contributed by atoms with Gasteiger partial charge in [0, 0.05) is 29.7 Å². The summed E-state index contributed by atoms with van der Waals surface area (Å²) in [5.74, 6) is 0.831. The van der Waals surface area contributed by atoms with E-state index in [9.17, 15) is 4.79 Å². The highest BCUT2D eigenvalue weighted by atomic mass is 16.1. The zero-order valence-corrected chi connectivity index (χ0v) is 10.3. The molecule has 1 N–H and O–H groups in total. The third-order valence-electron chi connectivity index (χ3n) is 3.30. The van der Waals surface area contributed by atoms with Crippen LogP contribution in [0, 0.1) is 6.92 Å². The lowest BCUT2D eigenvalue weighted by Crippen LogP contribution is -1.94. The summed E-state index contributed by atoms with van der Waals surface area (Å²) in [5, 5.41) is 1.10. The first-order valence-electron chi connectivity index (χ1n) is 5.77. The van der Waals surface area contributed by atoms with Gasteiger partial charge in [-0.3, -0.25) is 4.79 Å². The number of para-hydroxylation sites is 1. The summed E-state index contributed by atoms with van der Waals surface area (Å²) >= 11 is 0. The van der Waals surface area contributed by atoms with E-state index < -0.39 is 0 Å². The molecule has 0 atom stereocenters. The molecule has 1 aromatic carbocycles. The molecule has 0 spiro atoms. The summed E-state index contributed by atoms with van der Waals surface area (Å²) in [6.45, 7) is 1.89. The monoisotopic (exact) mass is 239 g/mol. The maximum atomic E-state index is 11.1. The highest BCUT2D eigenvalue weighted by molar-refractivity contribution is 5.98. The number of aryl methyl sites for hydroxylation is 1. The van der Waals surface area contributed by atoms with Crippen LogP contribution < -0.4 is 0 Å². The molecular formula is C14H13N3O. The fourth-order valence-corrected chi connectivity index (χ4v) is 2.30. The van der Waals surface area contributed by atoms with Gasteiger partial charge in [0.15, 0.2) is 6.29 Å². The Morgan fingerprint density at radius 2 is 2.11 bits per heavy atom. The molecule has 2 aromatic heterocycles. The van der Waals surface area contributed by atoms with Crippen molar-refractivity contribution in [1.82, 2.24) is 14.5 Å². The molecule has 3 aromatic rings. The molecule has 0 amide bonds. The Balaban J connectivity index is 2.36. The lowest BCUT2D eigenvalue weighted by atomic mass is 10.1. The molecule has 0 aliphatic carbocycles. The lowest BCUT2D eigenvalue weighted by molar-refractivity contribution is 0.112. The standard InChI is InChI=1S/C14H13N3O/c1-9-16-13(8-18)14(17(9)2)11-7-15-12-6-4-3-5-10(11)12/h3-8,15H,1-2H3. The Hall–Kier alpha value is -2.36. The average molecular weight is 239 g/mol. The summed E-state index contributed by atoms with van der Waals surface area (Å²) in [7, 11) is 1.92. The number of hydrogen-bond donors (Lipinski definition) is 1. The molecule has 0 aliphatic rings. The number of hydrogen-bond acceptors (Lipinski definition) is 2. The van der Waals surface area contributed by atoms with Crippen molar-refractivity contribution >= 4 is 17.2 Å². The van der Waals surface area contributed by atoms with Gasteiger partial charge in [0.2, 0.25) is 0 Å². The first-order valence-corrected chi connectivity index (χ1v) is 5.77. The normalized spacial score (nSPS) is 11.0. The molecular weight excluding hydrogens is 226 g/mol. The van der Waals surface area contributed by atoms with Gasteiger partial charge in [-0.1, -0.05) is 18.2 Å². The molecule has 4 nitrogen and oxygen atoms in total. The van der Waals surface area contributed by atoms with Crippen molar-refractivity contribution < 1.29 is 4.79 Å². The van der Waals surface area contributed by atoms with Crippen LogP contribution in [0.2, 0.25) is 0 Å². The Morgan fingerprint density at radius 3 is 2.89 bits per heavy atom. The zero-order valence-electron chi connectivity index (χ0n) is 10.3. The molecule has 18 heavy (non-hydrogen) atoms. The van der Waals surface area contributed by atoms with Crippen LogP contribution in [0.1, 0.15) is 16.3 Å². The number of nitrogens with zero attached hydrogens (tertiary/aromatic N) is 2. The maximum Gasteiger partial charge on any atom is 0.170 e. The van der Waals surface area contributed by atoms with E-state index in [4.69, 9.17) is 0 Å². The number of aldehydes is 1. The number of benzene rings is 1. The summed E-state index contributed by atoms with van der Waals surface area (Å²) < 4.78 is 1.94. The molecule has 0 bridgehead atoms. The highest BCUT2D eigenvalue weighted by Gasteiger charge is 2.16. The molecule has 0 saturated heterocycles. The first-order chi connectivity index (χ1) is 8.72. The second-order valence-electron chi connectivity index (χ2n) is 4.32. The summed E-state index contributed by atoms with van der Waals surface area (Å²) in [6.07, 6.45) is 2.73. The van der Waals surface area contributed by atoms with E-state index in [0.717, 1.165) is 34.3 Å². The highest BCUT2D eigenvalue weighted by Crippen LogP contribution is 2.30. The van der Waals surface area contributed by atoms with Crippen molar-refractivity contribution in [2.24, 2.45) is 7.05 Å². The van der Waals surface area contributed by atoms with Crippen LogP contribution in [0.5, 0.6) is 0 Å². The van der Waals surface area contributed by atoms with Gasteiger partial charge < -0.3 is 9.55 Å². The minimum absolute atomic E-state index is 0.486. The molecule has 4 heteroatoms. The van der Waals surface area contributed by atoms with Gasteiger partial charge in [-0.15, -0.1) is 0 Å². The Labute approximate surface area is 104 Å². The second kappa shape index (κ2) is 3.84. The topological polar surface area (TPSA) is 50.7 Å². The van der Waals surface area contributed by atoms with Crippen LogP contribution >= 0.6 is 0 Å². The Kier molecular flexibility index (Phi) is 2.30. The molecule has 90 valence electrons. The number of aromatic amines is 1. The summed E-state index contributed by atoms with van der Waals surface area (Å²) in [6, 6.07) is 8.03. The van der Waals surface area contributed by atoms with E-state index in [0.29, 0.717) is 5.69 Å². The number of imidazole rings is 1. The summed E-state index contributed by atoms with van der Waals surface area (Å²) in [5.41, 5.74) is 3.42. The maximum absolute atomic E-state index is 11.1. The van der Waals surface area contributed by atoms with Crippen LogP contribution in [0.4, 0.5) is 0 Å². The second-order valence-corrected chi connectivity index (χ2v) is 4.32. The minimum Gasteiger partial charge on any atom is -0.360 e. The van der Waals surface area contributed by atoms with Crippen molar-refractivity contribution in [2.75, 3.05) is 0 Å². The smallest absolute Gasteiger partial charge is 0.170 e. The van der Waals surface area contributed by atoms with E-state index in [1.54, 1.807) is 0 Å². The number of rotatable bonds is 2. The van der Waals surface area contributed by atoms with E-state index in [-0.39, 0.29) is 0 Å². The van der Waals surface area contributed by atoms with Gasteiger partial charge in [0.05, 0.1) is 5.69 Å². The molecule has 0 aliphatic heterocycles. The fourth-order valence-electron chi connectivity index (χ4n) is 2.30. The van der Waals surface area contributed by atoms with Gasteiger partial charge in [-0.25, -0.2) is 4.98 Å². The van der Waals surface area contributed by atoms with Crippen LogP contribution in [0.3, 0.4) is 0 Å². The number of fused-ring (bicyclic) bond motifs is 1. The number of carbonyl (C=O) groups excluding carboxylic acids is 1. The van der Waals surface area contributed by atoms with Gasteiger partial charge in [-0.2, -0.15) is 0 Å². The molecule has 0 unspecified atom stereocenters. The van der Waals surface area contributed by atoms with E-state index in [1.165, 1.54) is 0 Å². The minimum atomic E-state index is 0.486. The van der Waals surface area contributed by atoms with Crippen molar-refractivity contribution in [3.8, 4) is 11.3 Å². The number of aromatic nitrogens is 3. The fraction of sp³-hybridized carbons (Fsp3) is 0.143. The largest absolute Gasteiger partial charge is 0.360 e. The van der Waals surface area contributed by atoms with Crippen molar-refractivity contribution in [1.29, 1.82) is 0 Å². The Bertz CT molecular complexity index is 737.